The quantitative estimate of drug-likeness (QED) is 0.303. The number of aromatic nitrogens is 1. The lowest BCUT2D eigenvalue weighted by Gasteiger charge is -2.10. The molecule has 5 nitrogen and oxygen atoms in total. The molecular weight excluding hydrogens is 505 g/mol. The Labute approximate surface area is 214 Å². The van der Waals surface area contributed by atoms with E-state index >= 15 is 0 Å². The largest absolute Gasteiger partial charge is 0.433 e. The van der Waals surface area contributed by atoms with Gasteiger partial charge in [-0.25, -0.2) is 9.37 Å². The van der Waals surface area contributed by atoms with Crippen LogP contribution in [0.15, 0.2) is 41.6 Å². The van der Waals surface area contributed by atoms with E-state index in [1.807, 2.05) is 13.8 Å². The van der Waals surface area contributed by atoms with Crippen LogP contribution in [0.3, 0.4) is 0 Å². The zero-order valence-corrected chi connectivity index (χ0v) is 21.5. The fourth-order valence-electron chi connectivity index (χ4n) is 3.31. The number of nitrogens with two attached hydrogens (primary N) is 2. The Bertz CT molecular complexity index is 967. The van der Waals surface area contributed by atoms with Gasteiger partial charge in [-0.15, -0.1) is 0 Å². The molecule has 1 unspecified atom stereocenters. The molecule has 11 heteroatoms. The fraction of sp³-hybridized carbons (Fsp3) is 0.500. The summed E-state index contributed by atoms with van der Waals surface area (Å²) in [4.78, 5) is 3.48. The number of hydrogen-bond acceptors (Lipinski definition) is 5. The van der Waals surface area contributed by atoms with Crippen molar-refractivity contribution in [1.82, 2.24) is 9.99 Å². The van der Waals surface area contributed by atoms with Crippen LogP contribution in [-0.4, -0.2) is 28.5 Å². The minimum absolute atomic E-state index is 0.0137. The maximum atomic E-state index is 12.4. The number of halogens is 6. The zero-order valence-electron chi connectivity index (χ0n) is 20.0. The van der Waals surface area contributed by atoms with E-state index in [-0.39, 0.29) is 17.1 Å². The predicted molar refractivity (Wildman–Crippen MR) is 138 cm³/mol. The summed E-state index contributed by atoms with van der Waals surface area (Å²) in [5, 5.41) is 6.06. The Balaban J connectivity index is 0.000000278. The highest BCUT2D eigenvalue weighted by atomic mass is 35.5. The van der Waals surface area contributed by atoms with E-state index in [0.29, 0.717) is 27.8 Å². The van der Waals surface area contributed by atoms with Crippen molar-refractivity contribution >= 4 is 45.0 Å². The van der Waals surface area contributed by atoms with E-state index in [4.69, 9.17) is 34.7 Å². The van der Waals surface area contributed by atoms with Crippen molar-refractivity contribution in [2.24, 2.45) is 16.8 Å². The number of nitrogens with zero attached hydrogens (tertiary/aromatic N) is 3. The SMILES string of the molecule is C1CCCCC1.C=C(N)C1CN(CF)N=C1Cl.CC.Nc1cc(C(F)(F)F)nc2ccc(Cl)cc12. The van der Waals surface area contributed by atoms with Gasteiger partial charge in [0.15, 0.2) is 6.80 Å². The first-order chi connectivity index (χ1) is 16.5. The molecule has 0 radical (unpaired) electrons. The number of anilines is 1. The van der Waals surface area contributed by atoms with E-state index in [0.717, 1.165) is 6.07 Å². The van der Waals surface area contributed by atoms with Gasteiger partial charge in [-0.2, -0.15) is 18.3 Å². The molecule has 1 aromatic heterocycles. The maximum absolute atomic E-state index is 12.4. The first-order valence-electron chi connectivity index (χ1n) is 11.4. The molecule has 0 spiro atoms. The zero-order chi connectivity index (χ0) is 26.6. The molecular formula is C24H33Cl2F4N5. The number of nitrogen functional groups attached to an aromatic ring is 1. The molecule has 1 saturated carbocycles. The van der Waals surface area contributed by atoms with E-state index in [9.17, 15) is 17.6 Å². The highest BCUT2D eigenvalue weighted by Crippen LogP contribution is 2.32. The third-order valence-corrected chi connectivity index (χ3v) is 5.67. The van der Waals surface area contributed by atoms with Gasteiger partial charge >= 0.3 is 6.18 Å². The molecule has 35 heavy (non-hydrogen) atoms. The summed E-state index contributed by atoms with van der Waals surface area (Å²) in [5.41, 5.74) is 10.5. The number of fused-ring (bicyclic) bond motifs is 1. The molecule has 2 aliphatic rings. The molecule has 1 atom stereocenters. The smallest absolute Gasteiger partial charge is 0.402 e. The van der Waals surface area contributed by atoms with Crippen LogP contribution < -0.4 is 11.5 Å². The summed E-state index contributed by atoms with van der Waals surface area (Å²) < 4.78 is 49.3. The predicted octanol–water partition coefficient (Wildman–Crippen LogP) is 7.73. The van der Waals surface area contributed by atoms with Crippen LogP contribution in [0.25, 0.3) is 10.9 Å². The number of benzene rings is 1. The normalized spacial score (nSPS) is 17.2. The van der Waals surface area contributed by atoms with Crippen molar-refractivity contribution in [1.29, 1.82) is 0 Å². The van der Waals surface area contributed by atoms with E-state index < -0.39 is 18.7 Å². The van der Waals surface area contributed by atoms with Crippen molar-refractivity contribution < 1.29 is 17.6 Å². The van der Waals surface area contributed by atoms with Gasteiger partial charge < -0.3 is 11.5 Å². The number of alkyl halides is 4. The van der Waals surface area contributed by atoms with E-state index in [2.05, 4.69) is 16.7 Å². The van der Waals surface area contributed by atoms with Crippen molar-refractivity contribution in [3.63, 3.8) is 0 Å². The molecule has 1 aliphatic carbocycles. The standard InChI is InChI=1S/C10H6ClF3N2.C6H9ClFN3.C6H12.C2H6/c11-5-1-2-8-6(3-5)7(15)4-9(16-8)10(12,13)14;1-4(9)5-2-11(3-8)10-6(5)7;1-2-4-6-5-3-1;1-2/h1-4H,(H2,15,16);5H,1-3,9H2;1-6H2;1-2H3. The number of pyridine rings is 1. The summed E-state index contributed by atoms with van der Waals surface area (Å²) in [5.74, 6) is -0.201. The van der Waals surface area contributed by atoms with Crippen LogP contribution in [0.1, 0.15) is 58.1 Å². The molecule has 2 heterocycles. The Morgan fingerprint density at radius 3 is 2.03 bits per heavy atom. The third-order valence-electron chi connectivity index (χ3n) is 5.10. The molecule has 4 N–H and O–H groups in total. The fourth-order valence-corrected chi connectivity index (χ4v) is 3.80. The lowest BCUT2D eigenvalue weighted by atomic mass is 10.0. The second kappa shape index (κ2) is 15.0. The van der Waals surface area contributed by atoms with Crippen molar-refractivity contribution in [2.45, 2.75) is 58.5 Å². The highest BCUT2D eigenvalue weighted by molar-refractivity contribution is 6.66. The molecule has 4 rings (SSSR count). The third kappa shape index (κ3) is 10.1. The van der Waals surface area contributed by atoms with Crippen molar-refractivity contribution in [2.75, 3.05) is 19.1 Å². The molecule has 0 bridgehead atoms. The minimum Gasteiger partial charge on any atom is -0.402 e. The van der Waals surface area contributed by atoms with Crippen molar-refractivity contribution in [3.05, 3.63) is 47.3 Å². The summed E-state index contributed by atoms with van der Waals surface area (Å²) in [6.45, 7) is 7.27. The van der Waals surface area contributed by atoms with Gasteiger partial charge in [0.2, 0.25) is 0 Å². The Morgan fingerprint density at radius 2 is 1.63 bits per heavy atom. The highest BCUT2D eigenvalue weighted by Gasteiger charge is 2.33. The summed E-state index contributed by atoms with van der Waals surface area (Å²) in [6, 6.07) is 5.16. The Kier molecular flexibility index (Phi) is 13.2. The van der Waals surface area contributed by atoms with Crippen LogP contribution in [0.2, 0.25) is 5.02 Å². The average molecular weight is 538 g/mol. The number of hydrogen-bond donors (Lipinski definition) is 2. The Hall–Kier alpha value is -2.26. The second-order valence-electron chi connectivity index (χ2n) is 7.74. The molecule has 1 aromatic carbocycles. The number of rotatable bonds is 2. The van der Waals surface area contributed by atoms with Crippen LogP contribution in [-0.2, 0) is 6.18 Å². The molecule has 196 valence electrons. The molecule has 1 aliphatic heterocycles. The van der Waals surface area contributed by atoms with E-state index in [1.54, 1.807) is 0 Å². The van der Waals surface area contributed by atoms with Crippen LogP contribution in [0.5, 0.6) is 0 Å². The van der Waals surface area contributed by atoms with Gasteiger partial charge in [-0.1, -0.05) is 82.2 Å². The van der Waals surface area contributed by atoms with Gasteiger partial charge in [-0.05, 0) is 24.3 Å². The Morgan fingerprint density at radius 1 is 1.09 bits per heavy atom. The van der Waals surface area contributed by atoms with Gasteiger partial charge in [0.05, 0.1) is 18.0 Å². The topological polar surface area (TPSA) is 80.5 Å². The van der Waals surface area contributed by atoms with Gasteiger partial charge in [0.1, 0.15) is 10.9 Å². The van der Waals surface area contributed by atoms with Crippen LogP contribution in [0, 0.1) is 5.92 Å². The summed E-state index contributed by atoms with van der Waals surface area (Å²) in [7, 11) is 0. The lowest BCUT2D eigenvalue weighted by Crippen LogP contribution is -2.22. The van der Waals surface area contributed by atoms with Crippen LogP contribution >= 0.6 is 23.2 Å². The van der Waals surface area contributed by atoms with E-state index in [1.165, 1.54) is 61.7 Å². The summed E-state index contributed by atoms with van der Waals surface area (Å²) in [6.07, 6.45) is 4.50. The lowest BCUT2D eigenvalue weighted by molar-refractivity contribution is -0.140. The van der Waals surface area contributed by atoms with Crippen LogP contribution in [0.4, 0.5) is 23.2 Å². The summed E-state index contributed by atoms with van der Waals surface area (Å²) >= 11 is 11.4. The molecule has 2 aromatic rings. The first kappa shape index (κ1) is 30.8. The maximum Gasteiger partial charge on any atom is 0.433 e. The van der Waals surface area contributed by atoms with Gasteiger partial charge in [0.25, 0.3) is 0 Å². The van der Waals surface area contributed by atoms with Crippen molar-refractivity contribution in [3.8, 4) is 0 Å². The van der Waals surface area contributed by atoms with Gasteiger partial charge in [-0.3, -0.25) is 5.01 Å². The molecule has 0 saturated heterocycles. The monoisotopic (exact) mass is 537 g/mol. The molecule has 0 amide bonds. The average Bonchev–Trinajstić information content (AvgIpc) is 3.23. The minimum atomic E-state index is -4.50. The molecule has 1 fully saturated rings. The first-order valence-corrected chi connectivity index (χ1v) is 12.2. The number of hydrazone groups is 1. The van der Waals surface area contributed by atoms with Gasteiger partial charge in [0, 0.05) is 21.8 Å². The second-order valence-corrected chi connectivity index (χ2v) is 8.56.